The number of benzene rings is 3. The van der Waals surface area contributed by atoms with E-state index in [4.69, 9.17) is 9.47 Å². The standard InChI is InChI=1S/C34H41N3O2/c1-33(2,3)25-9-7-23(8-10-25)21-36-15-17-37(18-16-36)22-24-19-29-28-20-26(38-6)11-12-30(28)35-31(29)27-13-14-34(4,5)39-32(24)27/h7-14,19-20,35H,15-18,21-22H2,1-6H3. The highest BCUT2D eigenvalue weighted by molar-refractivity contribution is 6.11. The molecule has 5 nitrogen and oxygen atoms in total. The highest BCUT2D eigenvalue weighted by Crippen LogP contribution is 2.42. The molecule has 0 unspecified atom stereocenters. The Balaban J connectivity index is 1.23. The molecule has 0 spiro atoms. The summed E-state index contributed by atoms with van der Waals surface area (Å²) in [7, 11) is 1.72. The maximum atomic E-state index is 6.61. The van der Waals surface area contributed by atoms with Gasteiger partial charge in [-0.25, -0.2) is 0 Å². The van der Waals surface area contributed by atoms with Crippen molar-refractivity contribution < 1.29 is 9.47 Å². The first kappa shape index (κ1) is 26.0. The second-order valence-electron chi connectivity index (χ2n) is 12.8. The van der Waals surface area contributed by atoms with Gasteiger partial charge < -0.3 is 14.5 Å². The third-order valence-electron chi connectivity index (χ3n) is 8.27. The number of ether oxygens (including phenoxy) is 2. The molecule has 0 atom stereocenters. The molecule has 0 aliphatic carbocycles. The van der Waals surface area contributed by atoms with Crippen LogP contribution in [0.2, 0.25) is 0 Å². The predicted octanol–water partition coefficient (Wildman–Crippen LogP) is 7.13. The summed E-state index contributed by atoms with van der Waals surface area (Å²) in [5.74, 6) is 1.88. The highest BCUT2D eigenvalue weighted by Gasteiger charge is 2.28. The predicted molar refractivity (Wildman–Crippen MR) is 162 cm³/mol. The van der Waals surface area contributed by atoms with E-state index in [0.29, 0.717) is 0 Å². The van der Waals surface area contributed by atoms with Crippen LogP contribution in [0.4, 0.5) is 0 Å². The summed E-state index contributed by atoms with van der Waals surface area (Å²) in [4.78, 5) is 8.80. The van der Waals surface area contributed by atoms with Gasteiger partial charge in [-0.3, -0.25) is 9.80 Å². The van der Waals surface area contributed by atoms with Gasteiger partial charge in [0.1, 0.15) is 17.1 Å². The second kappa shape index (κ2) is 9.72. The third-order valence-corrected chi connectivity index (χ3v) is 8.27. The normalized spacial score (nSPS) is 17.9. The number of H-pyrrole nitrogens is 1. The molecular weight excluding hydrogens is 482 g/mol. The van der Waals surface area contributed by atoms with Gasteiger partial charge in [0.05, 0.1) is 12.6 Å². The second-order valence-corrected chi connectivity index (χ2v) is 12.8. The average molecular weight is 524 g/mol. The zero-order valence-corrected chi connectivity index (χ0v) is 24.2. The molecule has 1 aromatic heterocycles. The van der Waals surface area contributed by atoms with Gasteiger partial charge in [0, 0.05) is 66.7 Å². The van der Waals surface area contributed by atoms with Crippen LogP contribution < -0.4 is 9.47 Å². The number of nitrogens with zero attached hydrogens (tertiary/aromatic N) is 2. The van der Waals surface area contributed by atoms with Crippen LogP contribution in [0.1, 0.15) is 56.9 Å². The van der Waals surface area contributed by atoms with Crippen molar-refractivity contribution in [3.05, 3.63) is 76.9 Å². The fraction of sp³-hybridized carbons (Fsp3) is 0.412. The summed E-state index contributed by atoms with van der Waals surface area (Å²) in [6.07, 6.45) is 4.40. The van der Waals surface area contributed by atoms with E-state index in [9.17, 15) is 0 Å². The zero-order valence-electron chi connectivity index (χ0n) is 24.2. The van der Waals surface area contributed by atoms with Crippen molar-refractivity contribution in [2.24, 2.45) is 0 Å². The molecule has 2 aliphatic rings. The van der Waals surface area contributed by atoms with E-state index in [1.165, 1.54) is 27.5 Å². The van der Waals surface area contributed by atoms with E-state index in [1.54, 1.807) is 7.11 Å². The maximum Gasteiger partial charge on any atom is 0.134 e. The van der Waals surface area contributed by atoms with E-state index in [2.05, 4.69) is 104 Å². The Morgan fingerprint density at radius 1 is 0.897 bits per heavy atom. The van der Waals surface area contributed by atoms with Crippen LogP contribution in [0.5, 0.6) is 11.5 Å². The molecule has 0 bridgehead atoms. The van der Waals surface area contributed by atoms with Crippen LogP contribution in [-0.4, -0.2) is 53.7 Å². The van der Waals surface area contributed by atoms with Gasteiger partial charge in [-0.1, -0.05) is 45.0 Å². The third kappa shape index (κ3) is 5.18. The van der Waals surface area contributed by atoms with Crippen LogP contribution in [0.3, 0.4) is 0 Å². The van der Waals surface area contributed by atoms with Crippen LogP contribution in [0.15, 0.2) is 54.6 Å². The minimum atomic E-state index is -0.327. The van der Waals surface area contributed by atoms with Gasteiger partial charge in [-0.15, -0.1) is 0 Å². The Kier molecular flexibility index (Phi) is 6.47. The zero-order chi connectivity index (χ0) is 27.4. The van der Waals surface area contributed by atoms with Gasteiger partial charge in [0.25, 0.3) is 0 Å². The number of hydrogen-bond donors (Lipinski definition) is 1. The van der Waals surface area contributed by atoms with Gasteiger partial charge in [-0.05, 0) is 66.8 Å². The first-order chi connectivity index (χ1) is 18.6. The van der Waals surface area contributed by atoms with Gasteiger partial charge >= 0.3 is 0 Å². The molecule has 4 aromatic rings. The summed E-state index contributed by atoms with van der Waals surface area (Å²) < 4.78 is 12.1. The number of methoxy groups -OCH3 is 1. The number of aromatic nitrogens is 1. The Morgan fingerprint density at radius 3 is 2.26 bits per heavy atom. The molecule has 0 radical (unpaired) electrons. The molecule has 1 N–H and O–H groups in total. The lowest BCUT2D eigenvalue weighted by atomic mass is 9.87. The summed E-state index contributed by atoms with van der Waals surface area (Å²) in [5, 5.41) is 2.41. The van der Waals surface area contributed by atoms with Crippen molar-refractivity contribution in [2.75, 3.05) is 33.3 Å². The lowest BCUT2D eigenvalue weighted by Gasteiger charge is -2.36. The quantitative estimate of drug-likeness (QED) is 0.302. The summed E-state index contributed by atoms with van der Waals surface area (Å²) >= 11 is 0. The minimum Gasteiger partial charge on any atom is -0.497 e. The topological polar surface area (TPSA) is 40.7 Å². The van der Waals surface area contributed by atoms with Crippen molar-refractivity contribution in [1.82, 2.24) is 14.8 Å². The van der Waals surface area contributed by atoms with E-state index < -0.39 is 0 Å². The monoisotopic (exact) mass is 523 g/mol. The lowest BCUT2D eigenvalue weighted by molar-refractivity contribution is 0.117. The number of aromatic amines is 1. The largest absolute Gasteiger partial charge is 0.497 e. The van der Waals surface area contributed by atoms with Crippen LogP contribution in [0.25, 0.3) is 27.9 Å². The molecule has 1 fully saturated rings. The first-order valence-corrected chi connectivity index (χ1v) is 14.2. The molecule has 204 valence electrons. The number of nitrogens with one attached hydrogen (secondary N) is 1. The van der Waals surface area contributed by atoms with Gasteiger partial charge in [-0.2, -0.15) is 0 Å². The van der Waals surface area contributed by atoms with Crippen molar-refractivity contribution in [1.29, 1.82) is 0 Å². The number of fused-ring (bicyclic) bond motifs is 5. The Labute approximate surface area is 232 Å². The van der Waals surface area contributed by atoms with E-state index in [0.717, 1.165) is 67.4 Å². The molecule has 2 aliphatic heterocycles. The molecular formula is C34H41N3O2. The average Bonchev–Trinajstić information content (AvgIpc) is 3.26. The van der Waals surface area contributed by atoms with Crippen molar-refractivity contribution >= 4 is 27.9 Å². The van der Waals surface area contributed by atoms with E-state index >= 15 is 0 Å². The highest BCUT2D eigenvalue weighted by atomic mass is 16.5. The fourth-order valence-electron chi connectivity index (χ4n) is 5.90. The first-order valence-electron chi connectivity index (χ1n) is 14.2. The summed E-state index contributed by atoms with van der Waals surface area (Å²) in [5.41, 5.74) is 7.31. The molecule has 3 aromatic carbocycles. The van der Waals surface area contributed by atoms with Crippen molar-refractivity contribution in [2.45, 2.75) is 58.7 Å². The van der Waals surface area contributed by atoms with Gasteiger partial charge in [0.2, 0.25) is 0 Å². The van der Waals surface area contributed by atoms with Crippen LogP contribution in [0, 0.1) is 0 Å². The molecule has 5 heteroatoms. The minimum absolute atomic E-state index is 0.194. The molecule has 6 rings (SSSR count). The molecule has 39 heavy (non-hydrogen) atoms. The number of piperazine rings is 1. The molecule has 0 saturated carbocycles. The Morgan fingerprint density at radius 2 is 1.59 bits per heavy atom. The molecule has 1 saturated heterocycles. The van der Waals surface area contributed by atoms with Crippen molar-refractivity contribution in [3.63, 3.8) is 0 Å². The SMILES string of the molecule is COc1ccc2[nH]c3c4c(c(CN5CCN(Cc6ccc(C(C)(C)C)cc6)CC5)cc3c2c1)OC(C)(C)C=C4. The Bertz CT molecular complexity index is 1530. The van der Waals surface area contributed by atoms with E-state index in [-0.39, 0.29) is 11.0 Å². The molecule has 0 amide bonds. The number of hydrogen-bond acceptors (Lipinski definition) is 4. The van der Waals surface area contributed by atoms with Crippen LogP contribution >= 0.6 is 0 Å². The summed E-state index contributed by atoms with van der Waals surface area (Å²) in [6.45, 7) is 17.2. The fourth-order valence-corrected chi connectivity index (χ4v) is 5.90. The lowest BCUT2D eigenvalue weighted by Crippen LogP contribution is -2.45. The van der Waals surface area contributed by atoms with Gasteiger partial charge in [0.15, 0.2) is 0 Å². The number of rotatable bonds is 5. The van der Waals surface area contributed by atoms with Crippen LogP contribution in [-0.2, 0) is 18.5 Å². The smallest absolute Gasteiger partial charge is 0.134 e. The Hall–Kier alpha value is -3.28. The summed E-state index contributed by atoms with van der Waals surface area (Å²) in [6, 6.07) is 17.8. The van der Waals surface area contributed by atoms with Crippen molar-refractivity contribution in [3.8, 4) is 11.5 Å². The molecule has 3 heterocycles. The van der Waals surface area contributed by atoms with E-state index in [1.807, 2.05) is 6.07 Å². The maximum absolute atomic E-state index is 6.61.